The summed E-state index contributed by atoms with van der Waals surface area (Å²) >= 11 is 0. The Hall–Kier alpha value is -0.120. The molecule has 0 aliphatic carbocycles. The third kappa shape index (κ3) is 1.43. The van der Waals surface area contributed by atoms with Crippen LogP contribution in [0.25, 0.3) is 0 Å². The molecule has 0 aromatic rings. The molecule has 3 heteroatoms. The van der Waals surface area contributed by atoms with E-state index in [1.807, 2.05) is 7.05 Å². The predicted octanol–water partition coefficient (Wildman–Crippen LogP) is -1.02. The molecule has 1 rings (SSSR count). The Balaban J connectivity index is 2.12. The molecule has 0 unspecified atom stereocenters. The smallest absolute Gasteiger partial charge is 0.0592 e. The normalized spacial score (nSPS) is 25.3. The van der Waals surface area contributed by atoms with Crippen molar-refractivity contribution in [3.8, 4) is 0 Å². The van der Waals surface area contributed by atoms with Crippen molar-refractivity contribution < 1.29 is 0 Å². The quantitative estimate of drug-likeness (QED) is 0.409. The van der Waals surface area contributed by atoms with Crippen LogP contribution in [-0.4, -0.2) is 31.8 Å². The van der Waals surface area contributed by atoms with Crippen molar-refractivity contribution in [3.63, 3.8) is 0 Å². The van der Waals surface area contributed by atoms with Gasteiger partial charge in [0.2, 0.25) is 0 Å². The van der Waals surface area contributed by atoms with Crippen LogP contribution in [0.4, 0.5) is 0 Å². The maximum Gasteiger partial charge on any atom is 0.0592 e. The molecular formula is C4H11N3. The van der Waals surface area contributed by atoms with Crippen LogP contribution in [0.5, 0.6) is 0 Å². The molecule has 7 heavy (non-hydrogen) atoms. The molecule has 1 aliphatic rings. The first kappa shape index (κ1) is 5.03. The Morgan fingerprint density at radius 2 is 2.43 bits per heavy atom. The first-order chi connectivity index (χ1) is 3.39. The Kier molecular flexibility index (Phi) is 1.62. The number of nitrogens with zero attached hydrogens (tertiary/aromatic N) is 1. The molecule has 1 saturated heterocycles. The maximum absolute atomic E-state index is 3.16. The van der Waals surface area contributed by atoms with Gasteiger partial charge in [-0.3, -0.25) is 0 Å². The van der Waals surface area contributed by atoms with Gasteiger partial charge < -0.3 is 5.32 Å². The highest BCUT2D eigenvalue weighted by Gasteiger charge is 1.99. The molecule has 0 aromatic heterocycles. The van der Waals surface area contributed by atoms with Crippen molar-refractivity contribution in [1.29, 1.82) is 0 Å². The zero-order chi connectivity index (χ0) is 5.11. The number of rotatable bonds is 0. The highest BCUT2D eigenvalue weighted by molar-refractivity contribution is 4.54. The molecular weight excluding hydrogens is 90.1 g/mol. The first-order valence-electron chi connectivity index (χ1n) is 2.55. The van der Waals surface area contributed by atoms with Gasteiger partial charge in [-0.05, 0) is 0 Å². The van der Waals surface area contributed by atoms with Crippen molar-refractivity contribution >= 4 is 0 Å². The molecule has 0 atom stereocenters. The Morgan fingerprint density at radius 1 is 1.57 bits per heavy atom. The third-order valence-corrected chi connectivity index (χ3v) is 1.10. The number of hydrogen-bond acceptors (Lipinski definition) is 3. The van der Waals surface area contributed by atoms with Crippen LogP contribution < -0.4 is 10.7 Å². The second-order valence-corrected chi connectivity index (χ2v) is 1.76. The van der Waals surface area contributed by atoms with Gasteiger partial charge in [0, 0.05) is 20.1 Å². The predicted molar refractivity (Wildman–Crippen MR) is 28.6 cm³/mol. The van der Waals surface area contributed by atoms with Gasteiger partial charge in [0.15, 0.2) is 0 Å². The number of likely N-dealkylation sites (N-methyl/N-ethyl adjacent to an activating group) is 1. The van der Waals surface area contributed by atoms with Crippen molar-refractivity contribution in [1.82, 2.24) is 15.8 Å². The first-order valence-corrected chi connectivity index (χ1v) is 2.55. The highest BCUT2D eigenvalue weighted by Crippen LogP contribution is 1.75. The summed E-state index contributed by atoms with van der Waals surface area (Å²) in [6, 6.07) is 0. The fourth-order valence-corrected chi connectivity index (χ4v) is 0.605. The summed E-state index contributed by atoms with van der Waals surface area (Å²) in [4.78, 5) is 0. The molecule has 0 radical (unpaired) electrons. The van der Waals surface area contributed by atoms with Gasteiger partial charge >= 0.3 is 0 Å². The van der Waals surface area contributed by atoms with E-state index in [0.717, 1.165) is 19.8 Å². The average molecular weight is 101 g/mol. The van der Waals surface area contributed by atoms with E-state index in [2.05, 4.69) is 15.8 Å². The number of hydrazine groups is 1. The van der Waals surface area contributed by atoms with E-state index in [1.165, 1.54) is 0 Å². The lowest BCUT2D eigenvalue weighted by atomic mass is 10.6. The monoisotopic (exact) mass is 101 g/mol. The van der Waals surface area contributed by atoms with Crippen molar-refractivity contribution in [2.24, 2.45) is 0 Å². The minimum absolute atomic E-state index is 0.913. The lowest BCUT2D eigenvalue weighted by Gasteiger charge is -2.23. The molecule has 0 amide bonds. The molecule has 0 saturated carbocycles. The van der Waals surface area contributed by atoms with Gasteiger partial charge in [0.05, 0.1) is 6.67 Å². The van der Waals surface area contributed by atoms with E-state index in [0.29, 0.717) is 0 Å². The molecule has 1 aliphatic heterocycles. The Morgan fingerprint density at radius 3 is 2.71 bits per heavy atom. The minimum atomic E-state index is 0.913. The van der Waals surface area contributed by atoms with Gasteiger partial charge in [-0.1, -0.05) is 0 Å². The lowest BCUT2D eigenvalue weighted by Crippen LogP contribution is -2.50. The molecule has 0 bridgehead atoms. The zero-order valence-electron chi connectivity index (χ0n) is 4.57. The fraction of sp³-hybridized carbons (Fsp3) is 1.00. The summed E-state index contributed by atoms with van der Waals surface area (Å²) in [5.74, 6) is 0. The van der Waals surface area contributed by atoms with Crippen LogP contribution in [0.1, 0.15) is 0 Å². The van der Waals surface area contributed by atoms with Crippen molar-refractivity contribution in [2.75, 3.05) is 26.8 Å². The Bertz CT molecular complexity index is 48.9. The molecule has 1 heterocycles. The number of nitrogens with one attached hydrogen (secondary N) is 2. The second-order valence-electron chi connectivity index (χ2n) is 1.76. The Labute approximate surface area is 43.7 Å². The molecule has 0 aromatic carbocycles. The van der Waals surface area contributed by atoms with Gasteiger partial charge in [-0.25, -0.2) is 10.4 Å². The van der Waals surface area contributed by atoms with Crippen LogP contribution >= 0.6 is 0 Å². The van der Waals surface area contributed by atoms with Gasteiger partial charge in [-0.2, -0.15) is 0 Å². The average Bonchev–Trinajstić information content (AvgIpc) is 1.69. The molecule has 2 N–H and O–H groups in total. The van der Waals surface area contributed by atoms with E-state index in [9.17, 15) is 0 Å². The largest absolute Gasteiger partial charge is 0.302 e. The molecule has 0 spiro atoms. The summed E-state index contributed by atoms with van der Waals surface area (Å²) in [5, 5.41) is 5.24. The van der Waals surface area contributed by atoms with Crippen LogP contribution in [0, 0.1) is 0 Å². The van der Waals surface area contributed by atoms with Crippen LogP contribution in [0.15, 0.2) is 0 Å². The van der Waals surface area contributed by atoms with Crippen LogP contribution in [0.2, 0.25) is 0 Å². The third-order valence-electron chi connectivity index (χ3n) is 1.10. The van der Waals surface area contributed by atoms with E-state index in [-0.39, 0.29) is 0 Å². The van der Waals surface area contributed by atoms with E-state index < -0.39 is 0 Å². The topological polar surface area (TPSA) is 27.3 Å². The summed E-state index contributed by atoms with van der Waals surface area (Å²) in [7, 11) is 2.04. The molecule has 3 nitrogen and oxygen atoms in total. The standard InChI is InChI=1S/C4H11N3/c1-7-3-2-5-4-6-7/h5-6H,2-4H2,1H3. The fourth-order valence-electron chi connectivity index (χ4n) is 0.605. The zero-order valence-corrected chi connectivity index (χ0v) is 4.57. The minimum Gasteiger partial charge on any atom is -0.302 e. The number of hydrogen-bond donors (Lipinski definition) is 2. The summed E-state index contributed by atoms with van der Waals surface area (Å²) < 4.78 is 0. The van der Waals surface area contributed by atoms with Crippen LogP contribution in [-0.2, 0) is 0 Å². The van der Waals surface area contributed by atoms with E-state index in [4.69, 9.17) is 0 Å². The SMILES string of the molecule is CN1CCNCN1. The second kappa shape index (κ2) is 2.26. The summed E-state index contributed by atoms with van der Waals surface area (Å²) in [6.07, 6.45) is 0. The maximum atomic E-state index is 3.16. The summed E-state index contributed by atoms with van der Waals surface area (Å²) in [6.45, 7) is 3.11. The molecule has 42 valence electrons. The van der Waals surface area contributed by atoms with Crippen LogP contribution in [0.3, 0.4) is 0 Å². The highest BCUT2D eigenvalue weighted by atomic mass is 15.5. The van der Waals surface area contributed by atoms with Gasteiger partial charge in [-0.15, -0.1) is 0 Å². The van der Waals surface area contributed by atoms with E-state index in [1.54, 1.807) is 0 Å². The molecule has 1 fully saturated rings. The van der Waals surface area contributed by atoms with Gasteiger partial charge in [0.1, 0.15) is 0 Å². The van der Waals surface area contributed by atoms with Gasteiger partial charge in [0.25, 0.3) is 0 Å². The van der Waals surface area contributed by atoms with E-state index >= 15 is 0 Å². The van der Waals surface area contributed by atoms with Crippen molar-refractivity contribution in [2.45, 2.75) is 0 Å². The van der Waals surface area contributed by atoms with Crippen molar-refractivity contribution in [3.05, 3.63) is 0 Å². The summed E-state index contributed by atoms with van der Waals surface area (Å²) in [5.41, 5.74) is 3.10. The lowest BCUT2D eigenvalue weighted by molar-refractivity contribution is 0.190.